The maximum Gasteiger partial charge on any atom is 0.272 e. The van der Waals surface area contributed by atoms with Gasteiger partial charge in [-0.2, -0.15) is 0 Å². The van der Waals surface area contributed by atoms with Gasteiger partial charge in [-0.15, -0.1) is 12.4 Å². The lowest BCUT2D eigenvalue weighted by molar-refractivity contribution is 0.0674. The van der Waals surface area contributed by atoms with Crippen LogP contribution in [-0.4, -0.2) is 137 Å². The van der Waals surface area contributed by atoms with Gasteiger partial charge < -0.3 is 45.4 Å². The summed E-state index contributed by atoms with van der Waals surface area (Å²) in [6.07, 6.45) is 13.3. The van der Waals surface area contributed by atoms with Gasteiger partial charge in [-0.25, -0.2) is 0 Å². The molecule has 3 aliphatic rings. The molecule has 5 aromatic rings. The van der Waals surface area contributed by atoms with E-state index in [2.05, 4.69) is 20.3 Å². The highest BCUT2D eigenvalue weighted by Crippen LogP contribution is 2.28. The fraction of sp³-hybridized carbons (Fsp3) is 0.319. The van der Waals surface area contributed by atoms with Crippen LogP contribution >= 0.6 is 24.0 Å². The van der Waals surface area contributed by atoms with E-state index < -0.39 is 5.24 Å². The van der Waals surface area contributed by atoms with Crippen molar-refractivity contribution in [3.63, 3.8) is 0 Å². The minimum absolute atomic E-state index is 0. The van der Waals surface area contributed by atoms with Gasteiger partial charge in [0.15, 0.2) is 12.6 Å². The number of likely N-dealkylation sites (tertiary alicyclic amines) is 2. The van der Waals surface area contributed by atoms with E-state index in [0.29, 0.717) is 54.5 Å². The summed E-state index contributed by atoms with van der Waals surface area (Å²) in [5, 5.41) is 47.8. The molecule has 6 heterocycles. The molecular weight excluding hydrogens is 895 g/mol. The smallest absolute Gasteiger partial charge is 0.272 e. The Kier molecular flexibility index (Phi) is 23.8. The Morgan fingerprint density at radius 2 is 1.27 bits per heavy atom. The van der Waals surface area contributed by atoms with E-state index in [-0.39, 0.29) is 77.9 Å². The highest BCUT2D eigenvalue weighted by molar-refractivity contribution is 6.67. The number of carbonyl (C=O) groups is 5. The number of aromatic hydroxyl groups is 3. The third-order valence-corrected chi connectivity index (χ3v) is 10.5. The number of phenolic OH excluding ortho intramolecular Hbond substituents is 3. The third kappa shape index (κ3) is 16.5. The molecule has 17 nitrogen and oxygen atoms in total. The minimum atomic E-state index is -0.518. The monoisotopic (exact) mass is 948 g/mol. The van der Waals surface area contributed by atoms with E-state index in [9.17, 15) is 29.1 Å². The molecule has 3 aliphatic heterocycles. The maximum atomic E-state index is 12.6. The number of benzene rings is 2. The van der Waals surface area contributed by atoms with Gasteiger partial charge in [-0.3, -0.25) is 38.9 Å². The molecule has 3 saturated heterocycles. The number of pyridine rings is 3. The first-order valence-electron chi connectivity index (χ1n) is 20.9. The predicted molar refractivity (Wildman–Crippen MR) is 248 cm³/mol. The number of ether oxygens (including phenoxy) is 1. The summed E-state index contributed by atoms with van der Waals surface area (Å²) in [6.45, 7) is 3.10. The second-order valence-corrected chi connectivity index (χ2v) is 15.0. The molecule has 3 fully saturated rings. The van der Waals surface area contributed by atoms with Crippen molar-refractivity contribution in [1.29, 1.82) is 0 Å². The Hall–Kier alpha value is -6.50. The summed E-state index contributed by atoms with van der Waals surface area (Å²) < 4.78 is 5.70. The summed E-state index contributed by atoms with van der Waals surface area (Å²) in [7, 11) is 0. The highest BCUT2D eigenvalue weighted by Gasteiger charge is 2.31. The average Bonchev–Trinajstić information content (AvgIpc) is 4.16. The number of amides is 2. The highest BCUT2D eigenvalue weighted by atomic mass is 35.5. The molecule has 0 unspecified atom stereocenters. The number of hydrogen-bond acceptors (Lipinski definition) is 15. The Morgan fingerprint density at radius 3 is 1.74 bits per heavy atom. The van der Waals surface area contributed by atoms with Crippen molar-refractivity contribution >= 4 is 53.6 Å². The molecule has 0 saturated carbocycles. The van der Waals surface area contributed by atoms with Crippen LogP contribution in [0.15, 0.2) is 110 Å². The number of nitrogens with one attached hydrogen (secondary N) is 1. The van der Waals surface area contributed by atoms with Crippen LogP contribution in [0.1, 0.15) is 90.6 Å². The van der Waals surface area contributed by atoms with Crippen LogP contribution in [0.25, 0.3) is 0 Å². The summed E-state index contributed by atoms with van der Waals surface area (Å²) >= 11 is 5.10. The molecule has 66 heavy (non-hydrogen) atoms. The van der Waals surface area contributed by atoms with Gasteiger partial charge in [0.25, 0.3) is 17.1 Å². The molecule has 2 amide bonds. The summed E-state index contributed by atoms with van der Waals surface area (Å²) in [4.78, 5) is 71.3. The number of rotatable bonds is 10. The van der Waals surface area contributed by atoms with Crippen molar-refractivity contribution < 1.29 is 54.2 Å². The Morgan fingerprint density at radius 1 is 0.682 bits per heavy atom. The van der Waals surface area contributed by atoms with Crippen LogP contribution in [0.4, 0.5) is 0 Å². The molecule has 3 aromatic heterocycles. The maximum absolute atomic E-state index is 12.6. The number of halogens is 2. The van der Waals surface area contributed by atoms with Gasteiger partial charge in [0.2, 0.25) is 0 Å². The second kappa shape index (κ2) is 29.1. The molecule has 2 aromatic carbocycles. The van der Waals surface area contributed by atoms with E-state index >= 15 is 0 Å². The first kappa shape index (κ1) is 53.8. The zero-order valence-electron chi connectivity index (χ0n) is 36.0. The van der Waals surface area contributed by atoms with Crippen LogP contribution in [0, 0.1) is 0 Å². The predicted octanol–water partition coefficient (Wildman–Crippen LogP) is 5.49. The van der Waals surface area contributed by atoms with Crippen molar-refractivity contribution in [2.45, 2.75) is 56.7 Å². The van der Waals surface area contributed by atoms with E-state index in [1.54, 1.807) is 89.1 Å². The van der Waals surface area contributed by atoms with Crippen LogP contribution in [0.2, 0.25) is 0 Å². The Balaban J connectivity index is 0.000000236. The van der Waals surface area contributed by atoms with Crippen LogP contribution < -0.4 is 10.1 Å². The molecule has 0 aliphatic carbocycles. The fourth-order valence-electron chi connectivity index (χ4n) is 6.88. The normalized spacial score (nSPS) is 16.7. The Labute approximate surface area is 393 Å². The number of aldehydes is 2. The summed E-state index contributed by atoms with van der Waals surface area (Å²) in [6, 6.07) is 22.9. The van der Waals surface area contributed by atoms with Gasteiger partial charge in [0, 0.05) is 43.9 Å². The molecule has 352 valence electrons. The van der Waals surface area contributed by atoms with Crippen molar-refractivity contribution in [1.82, 2.24) is 30.1 Å². The number of carbonyl (C=O) groups excluding carboxylic acids is 5. The van der Waals surface area contributed by atoms with E-state index in [4.69, 9.17) is 36.8 Å². The van der Waals surface area contributed by atoms with Crippen LogP contribution in [0.5, 0.6) is 23.0 Å². The van der Waals surface area contributed by atoms with Crippen LogP contribution in [-0.2, 0) is 0 Å². The fourth-order valence-corrected chi connectivity index (χ4v) is 6.99. The number of phenols is 3. The van der Waals surface area contributed by atoms with Crippen molar-refractivity contribution in [2.24, 2.45) is 0 Å². The number of aliphatic hydroxyl groups is 2. The molecule has 8 rings (SSSR count). The quantitative estimate of drug-likeness (QED) is 0.0749. The average molecular weight is 950 g/mol. The number of hydrogen-bond donors (Lipinski definition) is 6. The van der Waals surface area contributed by atoms with E-state index in [0.717, 1.165) is 45.2 Å². The molecule has 0 spiro atoms. The first-order valence-corrected chi connectivity index (χ1v) is 21.3. The topological polar surface area (TPSA) is 253 Å². The van der Waals surface area contributed by atoms with Gasteiger partial charge >= 0.3 is 0 Å². The summed E-state index contributed by atoms with van der Waals surface area (Å²) in [5.41, 5.74) is 1.35. The van der Waals surface area contributed by atoms with Crippen molar-refractivity contribution in [2.75, 3.05) is 39.5 Å². The zero-order valence-corrected chi connectivity index (χ0v) is 37.5. The Bertz CT molecular complexity index is 2240. The van der Waals surface area contributed by atoms with Crippen molar-refractivity contribution in [3.05, 3.63) is 138 Å². The second-order valence-electron chi connectivity index (χ2n) is 14.6. The van der Waals surface area contributed by atoms with Gasteiger partial charge in [-0.1, -0.05) is 24.3 Å². The SMILES string of the molecule is Cl.O=C(Cl)c1ccccn1.O=C(c1cccnc1)N1CCC[C@H]1CO.O=Cc1c(O)cccc1O.O=Cc1c(O)cccc1OC[C@@H]1CCCN1C(=O)c1ccccn1.OC[C@@H]1CCCN1. The molecule has 3 atom stereocenters. The third-order valence-electron chi connectivity index (χ3n) is 10.3. The van der Waals surface area contributed by atoms with Gasteiger partial charge in [-0.05, 0) is 117 Å². The lowest BCUT2D eigenvalue weighted by Gasteiger charge is -2.24. The summed E-state index contributed by atoms with van der Waals surface area (Å²) in [5.74, 6) is -0.338. The van der Waals surface area contributed by atoms with E-state index in [1.165, 1.54) is 36.9 Å². The van der Waals surface area contributed by atoms with Crippen molar-refractivity contribution in [3.8, 4) is 23.0 Å². The lowest BCUT2D eigenvalue weighted by Crippen LogP contribution is -2.39. The largest absolute Gasteiger partial charge is 0.507 e. The standard InChI is InChI=1S/C18H18N2O4.C11H14N2O2.C7H6O3.C6H4ClNO.C5H11NO.ClH/c21-11-14-16(22)7-3-8-17(14)24-12-13-5-4-10-20(13)18(23)15-6-1-2-9-19-15;14-8-10-4-2-6-13(10)11(15)9-3-1-5-12-7-9;8-4-5-6(9)2-1-3-7(5)10;7-6(9)5-3-1-2-4-8-5;7-4-5-2-1-3-6-5;/h1-3,6-9,11,13,22H,4-5,10,12H2;1,3,5,7,10,14H,2,4,6,8H2;1-4,9-10H;1-4H;5-7H,1-4H2;1H/t13-;10-;;;5-;/m00..0./s1. The molecule has 6 N–H and O–H groups in total. The lowest BCUT2D eigenvalue weighted by atomic mass is 10.2. The zero-order chi connectivity index (χ0) is 47.0. The van der Waals surface area contributed by atoms with E-state index in [1.807, 2.05) is 0 Å². The van der Waals surface area contributed by atoms with Gasteiger partial charge in [0.1, 0.15) is 41.0 Å². The van der Waals surface area contributed by atoms with Crippen LogP contribution in [0.3, 0.4) is 0 Å². The molecule has 0 radical (unpaired) electrons. The molecule has 19 heteroatoms. The first-order chi connectivity index (χ1) is 31.5. The van der Waals surface area contributed by atoms with Gasteiger partial charge in [0.05, 0.1) is 42.0 Å². The number of aliphatic hydroxyl groups excluding tert-OH is 2. The number of aromatic nitrogens is 3. The molecule has 0 bridgehead atoms. The number of nitrogens with zero attached hydrogens (tertiary/aromatic N) is 5. The molecular formula is C47H54Cl2N6O11. The minimum Gasteiger partial charge on any atom is -0.507 e.